The number of carbonyl (C=O) groups excluding carboxylic acids is 3. The number of unbranched alkanes of at least 4 members (excludes halogenated alkanes) is 39. The number of carbonyl (C=O) groups is 3. The highest BCUT2D eigenvalue weighted by molar-refractivity contribution is 5.71. The quantitative estimate of drug-likeness (QED) is 0.0261. The molecule has 0 aliphatic heterocycles. The van der Waals surface area contributed by atoms with Gasteiger partial charge in [-0.2, -0.15) is 0 Å². The smallest absolute Gasteiger partial charge is 0.306 e. The van der Waals surface area contributed by atoms with Crippen LogP contribution in [-0.2, 0) is 28.6 Å². The standard InChI is InChI=1S/C66H120O6/c1-4-7-10-13-16-19-22-24-26-28-30-31-32-33-34-35-37-38-40-42-44-47-50-53-56-59-65(68)71-62-63(61-70-64(67)58-55-52-49-46-21-18-15-12-9-6-3)72-66(69)60-57-54-51-48-45-43-41-39-36-29-27-25-23-20-17-14-11-8-5-2/h12,15,17,20,25,27-28,30,63H,4-11,13-14,16,18-19,21-24,26,29,31-62H2,1-3H3/b15-12-,20-17-,27-25-,30-28-. The van der Waals surface area contributed by atoms with Crippen molar-refractivity contribution in [1.29, 1.82) is 0 Å². The molecule has 0 aromatic heterocycles. The first-order valence-corrected chi connectivity index (χ1v) is 31.6. The topological polar surface area (TPSA) is 78.9 Å². The molecule has 72 heavy (non-hydrogen) atoms. The van der Waals surface area contributed by atoms with Crippen LogP contribution in [0.15, 0.2) is 48.6 Å². The Morgan fingerprint density at radius 3 is 0.861 bits per heavy atom. The summed E-state index contributed by atoms with van der Waals surface area (Å²) in [4.78, 5) is 38.2. The van der Waals surface area contributed by atoms with Crippen LogP contribution in [0.3, 0.4) is 0 Å². The summed E-state index contributed by atoms with van der Waals surface area (Å²) in [6, 6.07) is 0. The van der Waals surface area contributed by atoms with Crippen LogP contribution < -0.4 is 0 Å². The zero-order valence-corrected chi connectivity index (χ0v) is 48.2. The van der Waals surface area contributed by atoms with Gasteiger partial charge in [-0.3, -0.25) is 14.4 Å². The molecule has 0 amide bonds. The van der Waals surface area contributed by atoms with Gasteiger partial charge in [0.1, 0.15) is 13.2 Å². The van der Waals surface area contributed by atoms with Gasteiger partial charge in [0.15, 0.2) is 6.10 Å². The highest BCUT2D eigenvalue weighted by Gasteiger charge is 2.19. The lowest BCUT2D eigenvalue weighted by Gasteiger charge is -2.18. The van der Waals surface area contributed by atoms with Gasteiger partial charge in [-0.05, 0) is 96.3 Å². The normalized spacial score (nSPS) is 12.3. The van der Waals surface area contributed by atoms with Crippen LogP contribution in [-0.4, -0.2) is 37.2 Å². The van der Waals surface area contributed by atoms with E-state index >= 15 is 0 Å². The third-order valence-electron chi connectivity index (χ3n) is 14.0. The number of allylic oxidation sites excluding steroid dienone is 8. The Morgan fingerprint density at radius 2 is 0.528 bits per heavy atom. The summed E-state index contributed by atoms with van der Waals surface area (Å²) in [5, 5.41) is 0. The van der Waals surface area contributed by atoms with Gasteiger partial charge in [0.05, 0.1) is 0 Å². The van der Waals surface area contributed by atoms with Crippen molar-refractivity contribution in [2.45, 2.75) is 341 Å². The van der Waals surface area contributed by atoms with E-state index in [1.165, 1.54) is 218 Å². The van der Waals surface area contributed by atoms with E-state index in [2.05, 4.69) is 69.4 Å². The highest BCUT2D eigenvalue weighted by atomic mass is 16.6. The van der Waals surface area contributed by atoms with Crippen molar-refractivity contribution in [3.63, 3.8) is 0 Å². The fourth-order valence-electron chi connectivity index (χ4n) is 9.24. The van der Waals surface area contributed by atoms with Crippen molar-refractivity contribution >= 4 is 17.9 Å². The Hall–Kier alpha value is -2.63. The molecule has 0 aromatic carbocycles. The Morgan fingerprint density at radius 1 is 0.278 bits per heavy atom. The molecule has 0 saturated heterocycles. The van der Waals surface area contributed by atoms with Crippen molar-refractivity contribution in [1.82, 2.24) is 0 Å². The summed E-state index contributed by atoms with van der Waals surface area (Å²) in [7, 11) is 0. The van der Waals surface area contributed by atoms with Crippen molar-refractivity contribution < 1.29 is 28.6 Å². The maximum atomic E-state index is 12.9. The number of hydrogen-bond donors (Lipinski definition) is 0. The Labute approximate surface area is 448 Å². The maximum absolute atomic E-state index is 12.9. The molecule has 6 heteroatoms. The molecule has 420 valence electrons. The molecule has 0 spiro atoms. The summed E-state index contributed by atoms with van der Waals surface area (Å²) in [5.74, 6) is -0.875. The molecular formula is C66H120O6. The van der Waals surface area contributed by atoms with Crippen LogP contribution >= 0.6 is 0 Å². The van der Waals surface area contributed by atoms with Crippen molar-refractivity contribution in [3.05, 3.63) is 48.6 Å². The molecule has 0 radical (unpaired) electrons. The first kappa shape index (κ1) is 69.4. The van der Waals surface area contributed by atoms with E-state index in [9.17, 15) is 14.4 Å². The third-order valence-corrected chi connectivity index (χ3v) is 14.0. The van der Waals surface area contributed by atoms with Crippen LogP contribution in [0.4, 0.5) is 0 Å². The minimum absolute atomic E-state index is 0.0752. The molecule has 0 aromatic rings. The molecule has 0 saturated carbocycles. The molecule has 0 rings (SSSR count). The van der Waals surface area contributed by atoms with E-state index < -0.39 is 6.10 Å². The fourth-order valence-corrected chi connectivity index (χ4v) is 9.24. The monoisotopic (exact) mass is 1010 g/mol. The van der Waals surface area contributed by atoms with E-state index in [0.717, 1.165) is 77.0 Å². The largest absolute Gasteiger partial charge is 0.462 e. The Bertz CT molecular complexity index is 1250. The maximum Gasteiger partial charge on any atom is 0.306 e. The summed E-state index contributed by atoms with van der Waals surface area (Å²) >= 11 is 0. The lowest BCUT2D eigenvalue weighted by molar-refractivity contribution is -0.167. The molecule has 1 atom stereocenters. The first-order valence-electron chi connectivity index (χ1n) is 31.6. The van der Waals surface area contributed by atoms with Crippen LogP contribution in [0.25, 0.3) is 0 Å². The van der Waals surface area contributed by atoms with Crippen LogP contribution in [0, 0.1) is 0 Å². The summed E-state index contributed by atoms with van der Waals surface area (Å²) < 4.78 is 16.9. The minimum atomic E-state index is -0.777. The van der Waals surface area contributed by atoms with Gasteiger partial charge in [0.2, 0.25) is 0 Å². The Kier molecular flexibility index (Phi) is 58.7. The summed E-state index contributed by atoms with van der Waals surface area (Å²) in [5.41, 5.74) is 0. The van der Waals surface area contributed by atoms with Crippen LogP contribution in [0.1, 0.15) is 335 Å². The predicted octanol–water partition coefficient (Wildman–Crippen LogP) is 21.4. The molecule has 0 bridgehead atoms. The molecular weight excluding hydrogens is 889 g/mol. The second-order valence-corrected chi connectivity index (χ2v) is 21.3. The molecule has 6 nitrogen and oxygen atoms in total. The van der Waals surface area contributed by atoms with Gasteiger partial charge < -0.3 is 14.2 Å². The van der Waals surface area contributed by atoms with Gasteiger partial charge in [0.25, 0.3) is 0 Å². The van der Waals surface area contributed by atoms with E-state index in [0.29, 0.717) is 19.3 Å². The lowest BCUT2D eigenvalue weighted by atomic mass is 10.0. The zero-order chi connectivity index (χ0) is 52.2. The van der Waals surface area contributed by atoms with E-state index in [1.54, 1.807) is 0 Å². The van der Waals surface area contributed by atoms with Crippen molar-refractivity contribution in [2.24, 2.45) is 0 Å². The lowest BCUT2D eigenvalue weighted by Crippen LogP contribution is -2.30. The number of hydrogen-bond acceptors (Lipinski definition) is 6. The van der Waals surface area contributed by atoms with Gasteiger partial charge in [-0.25, -0.2) is 0 Å². The van der Waals surface area contributed by atoms with Gasteiger partial charge in [0, 0.05) is 19.3 Å². The average Bonchev–Trinajstić information content (AvgIpc) is 3.38. The predicted molar refractivity (Wildman–Crippen MR) is 312 cm³/mol. The minimum Gasteiger partial charge on any atom is -0.462 e. The molecule has 1 unspecified atom stereocenters. The second kappa shape index (κ2) is 60.9. The van der Waals surface area contributed by atoms with Gasteiger partial charge in [-0.15, -0.1) is 0 Å². The molecule has 0 fully saturated rings. The average molecular weight is 1010 g/mol. The summed E-state index contributed by atoms with van der Waals surface area (Å²) in [6.45, 7) is 6.59. The van der Waals surface area contributed by atoms with Crippen molar-refractivity contribution in [2.75, 3.05) is 13.2 Å². The Balaban J connectivity index is 4.20. The zero-order valence-electron chi connectivity index (χ0n) is 48.2. The molecule has 0 aliphatic rings. The second-order valence-electron chi connectivity index (χ2n) is 21.3. The van der Waals surface area contributed by atoms with E-state index in [-0.39, 0.29) is 31.1 Å². The fraction of sp³-hybridized carbons (Fsp3) is 0.833. The first-order chi connectivity index (χ1) is 35.5. The molecule has 0 aliphatic carbocycles. The third kappa shape index (κ3) is 58.3. The van der Waals surface area contributed by atoms with Gasteiger partial charge in [-0.1, -0.05) is 268 Å². The van der Waals surface area contributed by atoms with Crippen molar-refractivity contribution in [3.8, 4) is 0 Å². The van der Waals surface area contributed by atoms with Crippen LogP contribution in [0.2, 0.25) is 0 Å². The van der Waals surface area contributed by atoms with E-state index in [1.807, 2.05) is 0 Å². The van der Waals surface area contributed by atoms with Crippen LogP contribution in [0.5, 0.6) is 0 Å². The molecule has 0 N–H and O–H groups in total. The SMILES string of the molecule is CCC/C=C\CCCCCCCC(=O)OCC(COC(=O)CCCCCCCCCCCCCCC/C=C\CCCCCCCCCC)OC(=O)CCCCCCCCCCC/C=C\C/C=C\CCCCC. The van der Waals surface area contributed by atoms with Gasteiger partial charge >= 0.3 is 17.9 Å². The molecule has 0 heterocycles. The number of rotatable bonds is 58. The van der Waals surface area contributed by atoms with E-state index in [4.69, 9.17) is 14.2 Å². The highest BCUT2D eigenvalue weighted by Crippen LogP contribution is 2.17. The summed E-state index contributed by atoms with van der Waals surface area (Å²) in [6.07, 6.45) is 75.6. The number of esters is 3. The number of ether oxygens (including phenoxy) is 3.